The van der Waals surface area contributed by atoms with Gasteiger partial charge in [0, 0.05) is 22.8 Å². The average Bonchev–Trinajstić information content (AvgIpc) is 2.37. The van der Waals surface area contributed by atoms with Crippen molar-refractivity contribution in [3.05, 3.63) is 30.0 Å². The highest BCUT2D eigenvalue weighted by Gasteiger charge is 2.09. The fourth-order valence-corrected chi connectivity index (χ4v) is 2.00. The quantitative estimate of drug-likeness (QED) is 0.889. The third-order valence-corrected chi connectivity index (χ3v) is 3.16. The van der Waals surface area contributed by atoms with E-state index in [9.17, 15) is 0 Å². The molecular weight excluding hydrogens is 224 g/mol. The molecule has 0 spiro atoms. The van der Waals surface area contributed by atoms with E-state index < -0.39 is 0 Å². The van der Waals surface area contributed by atoms with Crippen molar-refractivity contribution in [2.75, 3.05) is 12.4 Å². The Kier molecular flexibility index (Phi) is 3.70. The van der Waals surface area contributed by atoms with Crippen molar-refractivity contribution >= 4 is 16.6 Å². The van der Waals surface area contributed by atoms with Gasteiger partial charge in [0.1, 0.15) is 11.3 Å². The van der Waals surface area contributed by atoms with Gasteiger partial charge in [-0.2, -0.15) is 0 Å². The molecule has 1 aromatic heterocycles. The normalized spacial score (nSPS) is 12.4. The minimum absolute atomic E-state index is 0.446. The summed E-state index contributed by atoms with van der Waals surface area (Å²) in [6.45, 7) is 6.37. The van der Waals surface area contributed by atoms with Crippen LogP contribution in [0.1, 0.15) is 26.0 Å². The van der Waals surface area contributed by atoms with Gasteiger partial charge in [0.05, 0.1) is 7.11 Å². The van der Waals surface area contributed by atoms with Crippen LogP contribution in [0.2, 0.25) is 0 Å². The number of pyridine rings is 1. The Bertz CT molecular complexity index is 551. The average molecular weight is 244 g/mol. The van der Waals surface area contributed by atoms with Crippen molar-refractivity contribution in [1.82, 2.24) is 4.98 Å². The number of benzene rings is 1. The fraction of sp³-hybridized carbons (Fsp3) is 0.400. The van der Waals surface area contributed by atoms with Crippen LogP contribution in [-0.4, -0.2) is 18.1 Å². The van der Waals surface area contributed by atoms with Gasteiger partial charge in [-0.25, -0.2) is 4.98 Å². The van der Waals surface area contributed by atoms with E-state index in [2.05, 4.69) is 36.3 Å². The lowest BCUT2D eigenvalue weighted by Gasteiger charge is -2.16. The fourth-order valence-electron chi connectivity index (χ4n) is 2.00. The van der Waals surface area contributed by atoms with E-state index in [4.69, 9.17) is 4.74 Å². The second-order valence-corrected chi connectivity index (χ2v) is 4.62. The van der Waals surface area contributed by atoms with Gasteiger partial charge in [0.15, 0.2) is 0 Å². The maximum absolute atomic E-state index is 5.38. The molecule has 0 radical (unpaired) electrons. The number of methoxy groups -OCH3 is 1. The van der Waals surface area contributed by atoms with Crippen LogP contribution in [0.3, 0.4) is 0 Å². The number of anilines is 1. The van der Waals surface area contributed by atoms with Crippen molar-refractivity contribution in [2.24, 2.45) is 0 Å². The third kappa shape index (κ3) is 2.40. The van der Waals surface area contributed by atoms with Gasteiger partial charge in [-0.1, -0.05) is 19.1 Å². The summed E-state index contributed by atoms with van der Waals surface area (Å²) in [5.74, 6) is 0.823. The lowest BCUT2D eigenvalue weighted by Crippen LogP contribution is -2.14. The zero-order valence-corrected chi connectivity index (χ0v) is 11.4. The first-order valence-corrected chi connectivity index (χ1v) is 6.36. The molecule has 1 heterocycles. The highest BCUT2D eigenvalue weighted by molar-refractivity contribution is 5.95. The SMILES string of the molecule is CCC(C)Nc1cc(C)nc2c(OC)cccc12. The highest BCUT2D eigenvalue weighted by atomic mass is 16.5. The number of rotatable bonds is 4. The lowest BCUT2D eigenvalue weighted by molar-refractivity contribution is 0.419. The molecule has 0 saturated carbocycles. The smallest absolute Gasteiger partial charge is 0.145 e. The molecule has 0 bridgehead atoms. The van der Waals surface area contributed by atoms with Crippen LogP contribution >= 0.6 is 0 Å². The first kappa shape index (κ1) is 12.7. The van der Waals surface area contributed by atoms with Gasteiger partial charge in [-0.3, -0.25) is 0 Å². The minimum Gasteiger partial charge on any atom is -0.494 e. The van der Waals surface area contributed by atoms with Crippen LogP contribution < -0.4 is 10.1 Å². The lowest BCUT2D eigenvalue weighted by atomic mass is 10.1. The van der Waals surface area contributed by atoms with Crippen molar-refractivity contribution in [2.45, 2.75) is 33.2 Å². The largest absolute Gasteiger partial charge is 0.494 e. The van der Waals surface area contributed by atoms with Gasteiger partial charge in [0.2, 0.25) is 0 Å². The molecule has 0 aliphatic carbocycles. The van der Waals surface area contributed by atoms with E-state index >= 15 is 0 Å². The van der Waals surface area contributed by atoms with E-state index in [0.717, 1.165) is 34.5 Å². The van der Waals surface area contributed by atoms with Gasteiger partial charge in [-0.15, -0.1) is 0 Å². The summed E-state index contributed by atoms with van der Waals surface area (Å²) in [6.07, 6.45) is 1.09. The summed E-state index contributed by atoms with van der Waals surface area (Å²) in [5, 5.41) is 4.64. The Morgan fingerprint density at radius 2 is 2.17 bits per heavy atom. The van der Waals surface area contributed by atoms with Crippen molar-refractivity contribution in [3.63, 3.8) is 0 Å². The van der Waals surface area contributed by atoms with E-state index in [0.29, 0.717) is 6.04 Å². The van der Waals surface area contributed by atoms with Crippen LogP contribution in [-0.2, 0) is 0 Å². The summed E-state index contributed by atoms with van der Waals surface area (Å²) in [5.41, 5.74) is 3.05. The Labute approximate surface area is 108 Å². The van der Waals surface area contributed by atoms with E-state index in [1.54, 1.807) is 7.11 Å². The first-order chi connectivity index (χ1) is 8.65. The Balaban J connectivity index is 2.59. The Morgan fingerprint density at radius 1 is 1.39 bits per heavy atom. The van der Waals surface area contributed by atoms with Crippen molar-refractivity contribution in [3.8, 4) is 5.75 Å². The Hall–Kier alpha value is -1.77. The second kappa shape index (κ2) is 5.25. The number of nitrogens with one attached hydrogen (secondary N) is 1. The Morgan fingerprint density at radius 3 is 2.83 bits per heavy atom. The zero-order chi connectivity index (χ0) is 13.1. The van der Waals surface area contributed by atoms with E-state index in [1.807, 2.05) is 19.1 Å². The zero-order valence-electron chi connectivity index (χ0n) is 11.4. The molecule has 1 aromatic carbocycles. The summed E-state index contributed by atoms with van der Waals surface area (Å²) in [6, 6.07) is 8.56. The molecule has 0 aliphatic rings. The first-order valence-electron chi connectivity index (χ1n) is 6.36. The van der Waals surface area contributed by atoms with Crippen LogP contribution in [0.4, 0.5) is 5.69 Å². The van der Waals surface area contributed by atoms with Gasteiger partial charge >= 0.3 is 0 Å². The molecule has 18 heavy (non-hydrogen) atoms. The summed E-state index contributed by atoms with van der Waals surface area (Å²) in [4.78, 5) is 4.58. The summed E-state index contributed by atoms with van der Waals surface area (Å²) in [7, 11) is 1.68. The molecular formula is C15H20N2O. The molecule has 3 nitrogen and oxygen atoms in total. The molecule has 3 heteroatoms. The van der Waals surface area contributed by atoms with Crippen LogP contribution in [0.15, 0.2) is 24.3 Å². The molecule has 0 amide bonds. The molecule has 1 N–H and O–H groups in total. The number of hydrogen-bond donors (Lipinski definition) is 1. The maximum atomic E-state index is 5.38. The number of aryl methyl sites for hydroxylation is 1. The molecule has 96 valence electrons. The third-order valence-electron chi connectivity index (χ3n) is 3.16. The molecule has 2 rings (SSSR count). The van der Waals surface area contributed by atoms with Gasteiger partial charge < -0.3 is 10.1 Å². The summed E-state index contributed by atoms with van der Waals surface area (Å²) >= 11 is 0. The van der Waals surface area contributed by atoms with Crippen molar-refractivity contribution < 1.29 is 4.74 Å². The minimum atomic E-state index is 0.446. The number of para-hydroxylation sites is 1. The predicted octanol–water partition coefficient (Wildman–Crippen LogP) is 3.76. The van der Waals surface area contributed by atoms with Crippen LogP contribution in [0.25, 0.3) is 10.9 Å². The van der Waals surface area contributed by atoms with E-state index in [-0.39, 0.29) is 0 Å². The van der Waals surface area contributed by atoms with Crippen LogP contribution in [0.5, 0.6) is 5.75 Å². The number of aromatic nitrogens is 1. The molecule has 1 unspecified atom stereocenters. The summed E-state index contributed by atoms with van der Waals surface area (Å²) < 4.78 is 5.38. The van der Waals surface area contributed by atoms with Gasteiger partial charge in [-0.05, 0) is 32.4 Å². The second-order valence-electron chi connectivity index (χ2n) is 4.62. The number of hydrogen-bond acceptors (Lipinski definition) is 3. The van der Waals surface area contributed by atoms with E-state index in [1.165, 1.54) is 0 Å². The highest BCUT2D eigenvalue weighted by Crippen LogP contribution is 2.30. The topological polar surface area (TPSA) is 34.2 Å². The van der Waals surface area contributed by atoms with Crippen LogP contribution in [0, 0.1) is 6.92 Å². The number of fused-ring (bicyclic) bond motifs is 1. The maximum Gasteiger partial charge on any atom is 0.145 e. The number of nitrogens with zero attached hydrogens (tertiary/aromatic N) is 1. The number of ether oxygens (including phenoxy) is 1. The molecule has 0 fully saturated rings. The van der Waals surface area contributed by atoms with Gasteiger partial charge in [0.25, 0.3) is 0 Å². The molecule has 0 aliphatic heterocycles. The van der Waals surface area contributed by atoms with Crippen molar-refractivity contribution in [1.29, 1.82) is 0 Å². The molecule has 2 aromatic rings. The molecule has 0 saturated heterocycles. The predicted molar refractivity (Wildman–Crippen MR) is 76.4 cm³/mol. The standard InChI is InChI=1S/C15H20N2O/c1-5-10(2)16-13-9-11(3)17-15-12(13)7-6-8-14(15)18-4/h6-10H,5H2,1-4H3,(H,16,17). The monoisotopic (exact) mass is 244 g/mol. The molecule has 1 atom stereocenters.